The third kappa shape index (κ3) is 1.90. The molecular weight excluding hydrogens is 166 g/mol. The monoisotopic (exact) mass is 181 g/mol. The van der Waals surface area contributed by atoms with Gasteiger partial charge >= 0.3 is 0 Å². The fraction of sp³-hybridized carbons (Fsp3) is 0.800. The Hall–Kier alpha value is -0.860. The summed E-state index contributed by atoms with van der Waals surface area (Å²) < 4.78 is 0. The summed E-state index contributed by atoms with van der Waals surface area (Å²) >= 11 is 0. The number of amides is 1. The maximum Gasteiger partial charge on any atom is 0.221 e. The molecule has 0 unspecified atom stereocenters. The van der Waals surface area contributed by atoms with Gasteiger partial charge in [-0.2, -0.15) is 0 Å². The van der Waals surface area contributed by atoms with Crippen LogP contribution in [0.15, 0.2) is 0 Å². The van der Waals surface area contributed by atoms with Crippen LogP contribution < -0.4 is 5.32 Å². The molecule has 0 aromatic rings. The van der Waals surface area contributed by atoms with E-state index in [1.807, 2.05) is 0 Å². The lowest BCUT2D eigenvalue weighted by Crippen LogP contribution is -2.54. The van der Waals surface area contributed by atoms with Crippen LogP contribution in [0.1, 0.15) is 38.5 Å². The fourth-order valence-corrected chi connectivity index (χ4v) is 1.74. The van der Waals surface area contributed by atoms with Gasteiger partial charge in [0.1, 0.15) is 6.29 Å². The van der Waals surface area contributed by atoms with Crippen LogP contribution >= 0.6 is 0 Å². The average molecular weight is 181 g/mol. The second-order valence-corrected chi connectivity index (χ2v) is 4.32. The summed E-state index contributed by atoms with van der Waals surface area (Å²) in [7, 11) is 0. The van der Waals surface area contributed by atoms with E-state index in [0.29, 0.717) is 12.3 Å². The Bertz CT molecular complexity index is 229. The molecule has 0 aromatic carbocycles. The Kier molecular flexibility index (Phi) is 2.10. The Balaban J connectivity index is 1.80. The predicted molar refractivity (Wildman–Crippen MR) is 48.1 cm³/mol. The second kappa shape index (κ2) is 3.13. The standard InChI is InChI=1S/C10H15NO2/c12-7-10(4-1-5-10)11-9(13)6-8-2-3-8/h7-8H,1-6H2,(H,11,13). The molecule has 0 saturated heterocycles. The highest BCUT2D eigenvalue weighted by atomic mass is 16.2. The topological polar surface area (TPSA) is 46.2 Å². The smallest absolute Gasteiger partial charge is 0.221 e. The van der Waals surface area contributed by atoms with Crippen LogP contribution in [0.4, 0.5) is 0 Å². The molecule has 72 valence electrons. The molecule has 0 aliphatic heterocycles. The Morgan fingerprint density at radius 1 is 1.46 bits per heavy atom. The van der Waals surface area contributed by atoms with Crippen LogP contribution in [0.25, 0.3) is 0 Å². The van der Waals surface area contributed by atoms with Gasteiger partial charge in [-0.3, -0.25) is 4.79 Å². The summed E-state index contributed by atoms with van der Waals surface area (Å²) in [5, 5.41) is 2.84. The maximum absolute atomic E-state index is 11.4. The molecule has 0 spiro atoms. The van der Waals surface area contributed by atoms with Crippen LogP contribution in [0.2, 0.25) is 0 Å². The van der Waals surface area contributed by atoms with Crippen molar-refractivity contribution in [2.24, 2.45) is 5.92 Å². The first kappa shape index (κ1) is 8.73. The molecule has 2 fully saturated rings. The summed E-state index contributed by atoms with van der Waals surface area (Å²) in [4.78, 5) is 22.1. The van der Waals surface area contributed by atoms with E-state index in [4.69, 9.17) is 0 Å². The largest absolute Gasteiger partial charge is 0.344 e. The van der Waals surface area contributed by atoms with Crippen LogP contribution in [-0.2, 0) is 9.59 Å². The molecule has 2 aliphatic carbocycles. The van der Waals surface area contributed by atoms with E-state index in [9.17, 15) is 9.59 Å². The number of hydrogen-bond acceptors (Lipinski definition) is 2. The van der Waals surface area contributed by atoms with Crippen molar-refractivity contribution < 1.29 is 9.59 Å². The zero-order valence-electron chi connectivity index (χ0n) is 7.71. The molecule has 3 heteroatoms. The van der Waals surface area contributed by atoms with Gasteiger partial charge in [-0.1, -0.05) is 0 Å². The quantitative estimate of drug-likeness (QED) is 0.658. The first-order chi connectivity index (χ1) is 6.24. The summed E-state index contributed by atoms with van der Waals surface area (Å²) in [5.74, 6) is 0.665. The molecule has 2 aliphatic rings. The molecule has 0 heterocycles. The molecule has 0 bridgehead atoms. The number of carbonyl (C=O) groups is 2. The number of hydrogen-bond donors (Lipinski definition) is 1. The minimum atomic E-state index is -0.480. The van der Waals surface area contributed by atoms with Gasteiger partial charge in [0.25, 0.3) is 0 Å². The van der Waals surface area contributed by atoms with Gasteiger partial charge in [-0.05, 0) is 38.0 Å². The van der Waals surface area contributed by atoms with Gasteiger partial charge in [0.05, 0.1) is 5.54 Å². The molecule has 2 rings (SSSR count). The van der Waals surface area contributed by atoms with Crippen LogP contribution in [-0.4, -0.2) is 17.7 Å². The minimum Gasteiger partial charge on any atom is -0.344 e. The van der Waals surface area contributed by atoms with Crippen molar-refractivity contribution in [2.75, 3.05) is 0 Å². The highest BCUT2D eigenvalue weighted by Gasteiger charge is 2.38. The summed E-state index contributed by atoms with van der Waals surface area (Å²) in [6.45, 7) is 0. The highest BCUT2D eigenvalue weighted by Crippen LogP contribution is 2.34. The van der Waals surface area contributed by atoms with Crippen molar-refractivity contribution in [1.29, 1.82) is 0 Å². The lowest BCUT2D eigenvalue weighted by molar-refractivity contribution is -0.129. The first-order valence-corrected chi connectivity index (χ1v) is 5.01. The minimum absolute atomic E-state index is 0.0642. The number of rotatable bonds is 4. The zero-order chi connectivity index (χ0) is 9.31. The molecule has 0 atom stereocenters. The molecule has 1 amide bonds. The number of carbonyl (C=O) groups excluding carboxylic acids is 2. The van der Waals surface area contributed by atoms with Crippen molar-refractivity contribution in [3.63, 3.8) is 0 Å². The number of nitrogens with one attached hydrogen (secondary N) is 1. The van der Waals surface area contributed by atoms with Crippen molar-refractivity contribution in [2.45, 2.75) is 44.1 Å². The normalized spacial score (nSPS) is 24.6. The van der Waals surface area contributed by atoms with Crippen molar-refractivity contribution in [3.05, 3.63) is 0 Å². The molecule has 0 aromatic heterocycles. The molecule has 3 nitrogen and oxygen atoms in total. The SMILES string of the molecule is O=CC1(NC(=O)CC2CC2)CCC1. The van der Waals surface area contributed by atoms with Crippen molar-refractivity contribution >= 4 is 12.2 Å². The van der Waals surface area contributed by atoms with E-state index in [1.165, 1.54) is 12.8 Å². The summed E-state index contributed by atoms with van der Waals surface area (Å²) in [5.41, 5.74) is -0.480. The van der Waals surface area contributed by atoms with Crippen molar-refractivity contribution in [3.8, 4) is 0 Å². The van der Waals surface area contributed by atoms with E-state index >= 15 is 0 Å². The van der Waals surface area contributed by atoms with Gasteiger partial charge in [-0.25, -0.2) is 0 Å². The van der Waals surface area contributed by atoms with E-state index in [1.54, 1.807) is 0 Å². The van der Waals surface area contributed by atoms with Crippen LogP contribution in [0.3, 0.4) is 0 Å². The third-order valence-corrected chi connectivity index (χ3v) is 3.03. The van der Waals surface area contributed by atoms with Gasteiger partial charge in [-0.15, -0.1) is 0 Å². The molecule has 13 heavy (non-hydrogen) atoms. The highest BCUT2D eigenvalue weighted by molar-refractivity contribution is 5.82. The average Bonchev–Trinajstić information content (AvgIpc) is 2.80. The zero-order valence-corrected chi connectivity index (χ0v) is 7.71. The first-order valence-electron chi connectivity index (χ1n) is 5.01. The molecular formula is C10H15NO2. The molecule has 0 radical (unpaired) electrons. The Morgan fingerprint density at radius 3 is 2.54 bits per heavy atom. The Labute approximate surface area is 77.9 Å². The predicted octanol–water partition coefficient (Wildman–Crippen LogP) is 1.02. The van der Waals surface area contributed by atoms with Gasteiger partial charge in [0, 0.05) is 6.42 Å². The van der Waals surface area contributed by atoms with Gasteiger partial charge in [0.15, 0.2) is 0 Å². The van der Waals surface area contributed by atoms with E-state index < -0.39 is 5.54 Å². The third-order valence-electron chi connectivity index (χ3n) is 3.03. The summed E-state index contributed by atoms with van der Waals surface area (Å²) in [6, 6.07) is 0. The molecule has 1 N–H and O–H groups in total. The van der Waals surface area contributed by atoms with Gasteiger partial charge < -0.3 is 10.1 Å². The van der Waals surface area contributed by atoms with E-state index in [2.05, 4.69) is 5.32 Å². The maximum atomic E-state index is 11.4. The Morgan fingerprint density at radius 2 is 2.15 bits per heavy atom. The summed E-state index contributed by atoms with van der Waals surface area (Å²) in [6.07, 6.45) is 6.60. The van der Waals surface area contributed by atoms with Crippen LogP contribution in [0.5, 0.6) is 0 Å². The fourth-order valence-electron chi connectivity index (χ4n) is 1.74. The van der Waals surface area contributed by atoms with Crippen LogP contribution in [0, 0.1) is 5.92 Å². The lowest BCUT2D eigenvalue weighted by Gasteiger charge is -2.37. The second-order valence-electron chi connectivity index (χ2n) is 4.32. The van der Waals surface area contributed by atoms with Gasteiger partial charge in [0.2, 0.25) is 5.91 Å². The lowest BCUT2D eigenvalue weighted by atomic mass is 9.78. The van der Waals surface area contributed by atoms with Crippen molar-refractivity contribution in [1.82, 2.24) is 5.32 Å². The van der Waals surface area contributed by atoms with E-state index in [-0.39, 0.29) is 5.91 Å². The number of aldehydes is 1. The molecule has 2 saturated carbocycles. The van der Waals surface area contributed by atoms with E-state index in [0.717, 1.165) is 25.5 Å².